The standard InChI is InChI=1S/C16H15BrN2O3/c17-10-7-12(18-9-10)15(20)19-11-3-4-13-14(8-11)22-16(21-13)5-1-2-6-16/h3-4,7-9,18H,1-2,5-6H2,(H,19,20). The van der Waals surface area contributed by atoms with E-state index >= 15 is 0 Å². The van der Waals surface area contributed by atoms with Crippen molar-refractivity contribution < 1.29 is 14.3 Å². The van der Waals surface area contributed by atoms with Gasteiger partial charge in [0.05, 0.1) is 0 Å². The summed E-state index contributed by atoms with van der Waals surface area (Å²) < 4.78 is 12.8. The third-order valence-electron chi connectivity index (χ3n) is 4.05. The Morgan fingerprint density at radius 2 is 1.95 bits per heavy atom. The summed E-state index contributed by atoms with van der Waals surface area (Å²) in [6, 6.07) is 7.23. The summed E-state index contributed by atoms with van der Waals surface area (Å²) in [7, 11) is 0. The molecule has 1 amide bonds. The first kappa shape index (κ1) is 13.7. The summed E-state index contributed by atoms with van der Waals surface area (Å²) in [5.41, 5.74) is 1.19. The number of rotatable bonds is 2. The Morgan fingerprint density at radius 1 is 1.18 bits per heavy atom. The number of aromatic amines is 1. The molecule has 0 unspecified atom stereocenters. The highest BCUT2D eigenvalue weighted by Crippen LogP contribution is 2.47. The van der Waals surface area contributed by atoms with Gasteiger partial charge in [-0.1, -0.05) is 0 Å². The van der Waals surface area contributed by atoms with E-state index in [1.165, 1.54) is 0 Å². The minimum absolute atomic E-state index is 0.194. The van der Waals surface area contributed by atoms with E-state index in [1.807, 2.05) is 18.2 Å². The molecule has 1 spiro atoms. The summed E-state index contributed by atoms with van der Waals surface area (Å²) >= 11 is 3.31. The third kappa shape index (κ3) is 2.37. The van der Waals surface area contributed by atoms with Gasteiger partial charge in [0.1, 0.15) is 5.69 Å². The van der Waals surface area contributed by atoms with Crippen molar-refractivity contribution in [1.29, 1.82) is 0 Å². The van der Waals surface area contributed by atoms with Crippen molar-refractivity contribution in [3.8, 4) is 11.5 Å². The number of hydrogen-bond donors (Lipinski definition) is 2. The monoisotopic (exact) mass is 362 g/mol. The number of halogens is 1. The molecule has 5 nitrogen and oxygen atoms in total. The molecule has 1 aliphatic heterocycles. The number of aromatic nitrogens is 1. The van der Waals surface area contributed by atoms with Crippen LogP contribution in [-0.2, 0) is 0 Å². The average molecular weight is 363 g/mol. The molecule has 2 aromatic rings. The molecule has 6 heteroatoms. The maximum atomic E-state index is 12.1. The quantitative estimate of drug-likeness (QED) is 0.846. The second-order valence-corrected chi connectivity index (χ2v) is 6.58. The summed E-state index contributed by atoms with van der Waals surface area (Å²) in [5.74, 6) is 0.782. The van der Waals surface area contributed by atoms with Crippen molar-refractivity contribution in [2.24, 2.45) is 0 Å². The van der Waals surface area contributed by atoms with E-state index in [0.29, 0.717) is 17.1 Å². The van der Waals surface area contributed by atoms with Crippen LogP contribution in [0.3, 0.4) is 0 Å². The molecule has 0 saturated heterocycles. The van der Waals surface area contributed by atoms with Crippen LogP contribution in [0.1, 0.15) is 36.2 Å². The molecule has 0 bridgehead atoms. The number of anilines is 1. The van der Waals surface area contributed by atoms with E-state index in [9.17, 15) is 4.79 Å². The SMILES string of the molecule is O=C(Nc1ccc2c(c1)OC1(CCCC1)O2)c1cc(Br)c[nH]1. The van der Waals surface area contributed by atoms with E-state index in [-0.39, 0.29) is 5.91 Å². The molecule has 1 fully saturated rings. The fraction of sp³-hybridized carbons (Fsp3) is 0.312. The Labute approximate surface area is 136 Å². The molecule has 1 aromatic carbocycles. The molecule has 1 aliphatic carbocycles. The molecule has 22 heavy (non-hydrogen) atoms. The number of benzene rings is 1. The minimum Gasteiger partial charge on any atom is -0.448 e. The van der Waals surface area contributed by atoms with Crippen molar-refractivity contribution in [3.63, 3.8) is 0 Å². The highest BCUT2D eigenvalue weighted by molar-refractivity contribution is 9.10. The smallest absolute Gasteiger partial charge is 0.272 e. The Morgan fingerprint density at radius 3 is 2.68 bits per heavy atom. The fourth-order valence-corrected chi connectivity index (χ4v) is 3.33. The normalized spacial score (nSPS) is 17.9. The van der Waals surface area contributed by atoms with E-state index in [2.05, 4.69) is 26.2 Å². The van der Waals surface area contributed by atoms with Crippen molar-refractivity contribution in [2.45, 2.75) is 31.5 Å². The lowest BCUT2D eigenvalue weighted by Crippen LogP contribution is -2.34. The number of fused-ring (bicyclic) bond motifs is 1. The fourth-order valence-electron chi connectivity index (χ4n) is 2.99. The number of ether oxygens (including phenoxy) is 2. The zero-order valence-corrected chi connectivity index (χ0v) is 13.4. The van der Waals surface area contributed by atoms with Crippen molar-refractivity contribution >= 4 is 27.5 Å². The largest absolute Gasteiger partial charge is 0.448 e. The summed E-state index contributed by atoms with van der Waals surface area (Å²) in [4.78, 5) is 15.0. The molecule has 1 aromatic heterocycles. The van der Waals surface area contributed by atoms with Crippen LogP contribution in [0, 0.1) is 0 Å². The molecule has 0 atom stereocenters. The topological polar surface area (TPSA) is 63.4 Å². The van der Waals surface area contributed by atoms with Crippen LogP contribution in [-0.4, -0.2) is 16.7 Å². The van der Waals surface area contributed by atoms with Gasteiger partial charge >= 0.3 is 0 Å². The number of amides is 1. The molecule has 1 saturated carbocycles. The molecule has 114 valence electrons. The maximum absolute atomic E-state index is 12.1. The van der Waals surface area contributed by atoms with E-state index in [0.717, 1.165) is 35.9 Å². The highest BCUT2D eigenvalue weighted by Gasteiger charge is 2.44. The Balaban J connectivity index is 1.52. The van der Waals surface area contributed by atoms with Gasteiger partial charge in [-0.15, -0.1) is 0 Å². The number of carbonyl (C=O) groups excluding carboxylic acids is 1. The molecule has 2 heterocycles. The first-order valence-corrected chi connectivity index (χ1v) is 8.10. The van der Waals surface area contributed by atoms with Gasteiger partial charge in [0, 0.05) is 35.3 Å². The highest BCUT2D eigenvalue weighted by atomic mass is 79.9. The van der Waals surface area contributed by atoms with E-state index in [4.69, 9.17) is 9.47 Å². The second-order valence-electron chi connectivity index (χ2n) is 5.67. The van der Waals surface area contributed by atoms with Gasteiger partial charge in [-0.25, -0.2) is 0 Å². The molecule has 2 aliphatic rings. The lowest BCUT2D eigenvalue weighted by Gasteiger charge is -2.21. The second kappa shape index (κ2) is 5.05. The van der Waals surface area contributed by atoms with Gasteiger partial charge in [0.15, 0.2) is 11.5 Å². The van der Waals surface area contributed by atoms with Gasteiger partial charge < -0.3 is 19.8 Å². The first-order valence-electron chi connectivity index (χ1n) is 7.31. The number of H-pyrrole nitrogens is 1. The van der Waals surface area contributed by atoms with E-state index < -0.39 is 5.79 Å². The number of carbonyl (C=O) groups is 1. The third-order valence-corrected chi connectivity index (χ3v) is 4.51. The molecule has 4 rings (SSSR count). The van der Waals surface area contributed by atoms with E-state index in [1.54, 1.807) is 12.3 Å². The van der Waals surface area contributed by atoms with Crippen LogP contribution in [0.2, 0.25) is 0 Å². The zero-order chi connectivity index (χ0) is 15.2. The zero-order valence-electron chi connectivity index (χ0n) is 11.8. The predicted molar refractivity (Wildman–Crippen MR) is 85.3 cm³/mol. The van der Waals surface area contributed by atoms with Crippen LogP contribution >= 0.6 is 15.9 Å². The van der Waals surface area contributed by atoms with Gasteiger partial charge in [0.25, 0.3) is 11.7 Å². The van der Waals surface area contributed by atoms with Crippen molar-refractivity contribution in [3.05, 3.63) is 40.6 Å². The summed E-state index contributed by atoms with van der Waals surface area (Å²) in [6.45, 7) is 0. The van der Waals surface area contributed by atoms with Crippen molar-refractivity contribution in [1.82, 2.24) is 4.98 Å². The Hall–Kier alpha value is -1.95. The number of hydrogen-bond acceptors (Lipinski definition) is 3. The van der Waals surface area contributed by atoms with Gasteiger partial charge in [-0.3, -0.25) is 4.79 Å². The van der Waals surface area contributed by atoms with Crippen LogP contribution in [0.4, 0.5) is 5.69 Å². The van der Waals surface area contributed by atoms with Crippen LogP contribution in [0.25, 0.3) is 0 Å². The van der Waals surface area contributed by atoms with Gasteiger partial charge in [0.2, 0.25) is 0 Å². The molecular formula is C16H15BrN2O3. The Kier molecular flexibility index (Phi) is 3.14. The molecular weight excluding hydrogens is 348 g/mol. The van der Waals surface area contributed by atoms with Gasteiger partial charge in [-0.2, -0.15) is 0 Å². The maximum Gasteiger partial charge on any atom is 0.272 e. The van der Waals surface area contributed by atoms with Crippen LogP contribution in [0.5, 0.6) is 11.5 Å². The summed E-state index contributed by atoms with van der Waals surface area (Å²) in [5, 5.41) is 2.85. The Bertz CT molecular complexity index is 735. The molecule has 2 N–H and O–H groups in total. The van der Waals surface area contributed by atoms with Gasteiger partial charge in [-0.05, 0) is 47.0 Å². The summed E-state index contributed by atoms with van der Waals surface area (Å²) in [6.07, 6.45) is 5.80. The number of nitrogens with one attached hydrogen (secondary N) is 2. The predicted octanol–water partition coefficient (Wildman–Crippen LogP) is 4.07. The average Bonchev–Trinajstić information content (AvgIpc) is 3.19. The van der Waals surface area contributed by atoms with Crippen LogP contribution in [0.15, 0.2) is 34.9 Å². The lowest BCUT2D eigenvalue weighted by molar-refractivity contribution is -0.0716. The minimum atomic E-state index is -0.477. The molecule has 0 radical (unpaired) electrons. The van der Waals surface area contributed by atoms with Crippen molar-refractivity contribution in [2.75, 3.05) is 5.32 Å². The first-order chi connectivity index (χ1) is 10.6. The lowest BCUT2D eigenvalue weighted by atomic mass is 10.2. The van der Waals surface area contributed by atoms with Crippen LogP contribution < -0.4 is 14.8 Å².